The fraction of sp³-hybridized carbons (Fsp3) is 0.562. The Balaban J connectivity index is 2.94. The van der Waals surface area contributed by atoms with Gasteiger partial charge in [-0.3, -0.25) is 4.79 Å². The van der Waals surface area contributed by atoms with Crippen molar-refractivity contribution in [1.82, 2.24) is 0 Å². The molecular formula is C16H24ClNO2. The minimum absolute atomic E-state index is 0.209. The third-order valence-electron chi connectivity index (χ3n) is 3.51. The minimum atomic E-state index is -0.602. The molecule has 0 aliphatic rings. The van der Waals surface area contributed by atoms with Gasteiger partial charge in [-0.2, -0.15) is 0 Å². The summed E-state index contributed by atoms with van der Waals surface area (Å²) in [6.45, 7) is 9.86. The van der Waals surface area contributed by atoms with E-state index in [9.17, 15) is 4.79 Å². The minimum Gasteiger partial charge on any atom is -0.466 e. The predicted molar refractivity (Wildman–Crippen MR) is 82.9 cm³/mol. The van der Waals surface area contributed by atoms with Crippen LogP contribution in [-0.4, -0.2) is 12.6 Å². The van der Waals surface area contributed by atoms with Crippen LogP contribution in [0.2, 0.25) is 5.02 Å². The summed E-state index contributed by atoms with van der Waals surface area (Å²) in [5.41, 5.74) is 8.76. The first kappa shape index (κ1) is 17.0. The molecule has 0 spiro atoms. The smallest absolute Gasteiger partial charge is 0.311 e. The third-order valence-corrected chi connectivity index (χ3v) is 3.91. The zero-order valence-corrected chi connectivity index (χ0v) is 13.7. The van der Waals surface area contributed by atoms with Crippen LogP contribution in [-0.2, 0) is 9.53 Å². The van der Waals surface area contributed by atoms with Gasteiger partial charge in [-0.1, -0.05) is 17.7 Å². The van der Waals surface area contributed by atoms with Crippen LogP contribution in [0.15, 0.2) is 12.1 Å². The molecule has 0 heterocycles. The molecule has 1 aromatic rings. The van der Waals surface area contributed by atoms with Crippen molar-refractivity contribution in [3.63, 3.8) is 0 Å². The lowest BCUT2D eigenvalue weighted by Crippen LogP contribution is -2.31. The molecular weight excluding hydrogens is 274 g/mol. The number of nitrogens with two attached hydrogens (primary N) is 1. The summed E-state index contributed by atoms with van der Waals surface area (Å²) in [5.74, 6) is -0.209. The van der Waals surface area contributed by atoms with Gasteiger partial charge < -0.3 is 10.5 Å². The summed E-state index contributed by atoms with van der Waals surface area (Å²) in [5, 5.41) is 0.739. The molecule has 0 fully saturated rings. The molecule has 1 unspecified atom stereocenters. The average Bonchev–Trinajstić information content (AvgIpc) is 2.33. The number of aryl methyl sites for hydroxylation is 2. The number of hydrogen-bond acceptors (Lipinski definition) is 3. The SMILES string of the molecule is CCOC(=O)C(C)(C)CC(N)c1cc(C)c(Cl)cc1C. The van der Waals surface area contributed by atoms with Gasteiger partial charge in [-0.05, 0) is 63.8 Å². The third kappa shape index (κ3) is 3.97. The zero-order chi connectivity index (χ0) is 15.5. The van der Waals surface area contributed by atoms with Crippen molar-refractivity contribution in [2.24, 2.45) is 11.1 Å². The number of rotatable bonds is 5. The highest BCUT2D eigenvalue weighted by atomic mass is 35.5. The molecule has 0 saturated heterocycles. The zero-order valence-electron chi connectivity index (χ0n) is 12.9. The molecule has 2 N–H and O–H groups in total. The van der Waals surface area contributed by atoms with Crippen LogP contribution in [0, 0.1) is 19.3 Å². The highest BCUT2D eigenvalue weighted by Crippen LogP contribution is 2.32. The van der Waals surface area contributed by atoms with Crippen LogP contribution in [0.4, 0.5) is 0 Å². The molecule has 1 aromatic carbocycles. The lowest BCUT2D eigenvalue weighted by molar-refractivity contribution is -0.154. The van der Waals surface area contributed by atoms with Gasteiger partial charge in [-0.25, -0.2) is 0 Å². The predicted octanol–water partition coefficient (Wildman–Crippen LogP) is 3.94. The number of carbonyl (C=O) groups is 1. The molecule has 112 valence electrons. The summed E-state index contributed by atoms with van der Waals surface area (Å²) in [4.78, 5) is 11.9. The summed E-state index contributed by atoms with van der Waals surface area (Å²) in [6.07, 6.45) is 0.535. The van der Waals surface area contributed by atoms with E-state index in [-0.39, 0.29) is 12.0 Å². The van der Waals surface area contributed by atoms with E-state index in [2.05, 4.69) is 0 Å². The molecule has 0 aliphatic heterocycles. The number of ether oxygens (including phenoxy) is 1. The van der Waals surface area contributed by atoms with Crippen LogP contribution in [0.1, 0.15) is 49.9 Å². The van der Waals surface area contributed by atoms with Gasteiger partial charge in [0, 0.05) is 11.1 Å². The number of halogens is 1. The Hall–Kier alpha value is -1.06. The first-order valence-electron chi connectivity index (χ1n) is 6.88. The maximum atomic E-state index is 11.9. The maximum Gasteiger partial charge on any atom is 0.311 e. The van der Waals surface area contributed by atoms with Gasteiger partial charge in [0.1, 0.15) is 0 Å². The molecule has 3 nitrogen and oxygen atoms in total. The van der Waals surface area contributed by atoms with Crippen LogP contribution < -0.4 is 5.73 Å². The maximum absolute atomic E-state index is 11.9. The average molecular weight is 298 g/mol. The molecule has 0 amide bonds. The molecule has 4 heteroatoms. The fourth-order valence-electron chi connectivity index (χ4n) is 2.27. The number of benzene rings is 1. The second-order valence-electron chi connectivity index (χ2n) is 5.87. The second-order valence-corrected chi connectivity index (χ2v) is 6.28. The van der Waals surface area contributed by atoms with Crippen molar-refractivity contribution in [3.05, 3.63) is 33.8 Å². The molecule has 0 radical (unpaired) electrons. The quantitative estimate of drug-likeness (QED) is 0.838. The highest BCUT2D eigenvalue weighted by Gasteiger charge is 2.32. The standard InChI is InChI=1S/C16H24ClNO2/c1-6-20-15(19)16(4,5)9-14(18)12-7-11(3)13(17)8-10(12)2/h7-8,14H,6,9,18H2,1-5H3. The molecule has 1 rings (SSSR count). The number of esters is 1. The van der Waals surface area contributed by atoms with E-state index < -0.39 is 5.41 Å². The van der Waals surface area contributed by atoms with Gasteiger partial charge in [-0.15, -0.1) is 0 Å². The summed E-state index contributed by atoms with van der Waals surface area (Å²) >= 11 is 6.10. The molecule has 0 aliphatic carbocycles. The van der Waals surface area contributed by atoms with Crippen molar-refractivity contribution in [3.8, 4) is 0 Å². The first-order valence-corrected chi connectivity index (χ1v) is 7.26. The Kier molecular flexibility index (Phi) is 5.60. The van der Waals surface area contributed by atoms with E-state index >= 15 is 0 Å². The van der Waals surface area contributed by atoms with E-state index in [1.807, 2.05) is 39.8 Å². The molecule has 0 bridgehead atoms. The number of hydrogen-bond donors (Lipinski definition) is 1. The van der Waals surface area contributed by atoms with Crippen molar-refractivity contribution in [1.29, 1.82) is 0 Å². The van der Waals surface area contributed by atoms with Gasteiger partial charge in [0.2, 0.25) is 0 Å². The summed E-state index contributed by atoms with van der Waals surface area (Å²) in [7, 11) is 0. The summed E-state index contributed by atoms with van der Waals surface area (Å²) in [6, 6.07) is 3.71. The lowest BCUT2D eigenvalue weighted by Gasteiger charge is -2.27. The van der Waals surface area contributed by atoms with Crippen molar-refractivity contribution < 1.29 is 9.53 Å². The monoisotopic (exact) mass is 297 g/mol. The van der Waals surface area contributed by atoms with Gasteiger partial charge in [0.25, 0.3) is 0 Å². The van der Waals surface area contributed by atoms with Crippen molar-refractivity contribution >= 4 is 17.6 Å². The van der Waals surface area contributed by atoms with Crippen molar-refractivity contribution in [2.45, 2.75) is 47.1 Å². The lowest BCUT2D eigenvalue weighted by atomic mass is 9.82. The first-order chi connectivity index (χ1) is 9.19. The Morgan fingerprint density at radius 3 is 2.50 bits per heavy atom. The Morgan fingerprint density at radius 1 is 1.35 bits per heavy atom. The van der Waals surface area contributed by atoms with E-state index in [0.29, 0.717) is 13.0 Å². The Morgan fingerprint density at radius 2 is 1.95 bits per heavy atom. The van der Waals surface area contributed by atoms with E-state index in [0.717, 1.165) is 21.7 Å². The Labute approximate surface area is 126 Å². The number of carbonyl (C=O) groups excluding carboxylic acids is 1. The normalized spacial score (nSPS) is 13.2. The molecule has 0 aromatic heterocycles. The fourth-order valence-corrected chi connectivity index (χ4v) is 2.49. The van der Waals surface area contributed by atoms with E-state index in [4.69, 9.17) is 22.1 Å². The van der Waals surface area contributed by atoms with Crippen LogP contribution in [0.25, 0.3) is 0 Å². The Bertz CT molecular complexity index is 497. The molecule has 20 heavy (non-hydrogen) atoms. The van der Waals surface area contributed by atoms with Gasteiger partial charge >= 0.3 is 5.97 Å². The van der Waals surface area contributed by atoms with Gasteiger partial charge in [0.15, 0.2) is 0 Å². The van der Waals surface area contributed by atoms with E-state index in [1.54, 1.807) is 6.92 Å². The van der Waals surface area contributed by atoms with E-state index in [1.165, 1.54) is 0 Å². The van der Waals surface area contributed by atoms with Crippen molar-refractivity contribution in [2.75, 3.05) is 6.61 Å². The summed E-state index contributed by atoms with van der Waals surface area (Å²) < 4.78 is 5.10. The largest absolute Gasteiger partial charge is 0.466 e. The van der Waals surface area contributed by atoms with Crippen LogP contribution in [0.3, 0.4) is 0 Å². The molecule has 0 saturated carbocycles. The topological polar surface area (TPSA) is 52.3 Å². The van der Waals surface area contributed by atoms with Crippen LogP contribution in [0.5, 0.6) is 0 Å². The van der Waals surface area contributed by atoms with Crippen LogP contribution >= 0.6 is 11.6 Å². The molecule has 1 atom stereocenters. The van der Waals surface area contributed by atoms with Gasteiger partial charge in [0.05, 0.1) is 12.0 Å². The second kappa shape index (κ2) is 6.59. The highest BCUT2D eigenvalue weighted by molar-refractivity contribution is 6.31.